The molecule has 0 saturated carbocycles. The minimum Gasteiger partial charge on any atom is -0.467 e. The van der Waals surface area contributed by atoms with Crippen LogP contribution in [0.25, 0.3) is 0 Å². The van der Waals surface area contributed by atoms with E-state index in [1.54, 1.807) is 11.0 Å². The second-order valence-corrected chi connectivity index (χ2v) is 5.41. The highest BCUT2D eigenvalue weighted by atomic mass is 35.5. The summed E-state index contributed by atoms with van der Waals surface area (Å²) in [5, 5.41) is 3.00. The quantitative estimate of drug-likeness (QED) is 0.860. The summed E-state index contributed by atoms with van der Waals surface area (Å²) in [5.74, 6) is 0.599. The molecule has 1 unspecified atom stereocenters. The van der Waals surface area contributed by atoms with Crippen LogP contribution in [0.3, 0.4) is 0 Å². The predicted molar refractivity (Wildman–Crippen MR) is 85.8 cm³/mol. The summed E-state index contributed by atoms with van der Waals surface area (Å²) in [7, 11) is 0. The smallest absolute Gasteiger partial charge is 0.257 e. The lowest BCUT2D eigenvalue weighted by Crippen LogP contribution is -2.49. The molecule has 1 aliphatic rings. The normalized spacial score (nSPS) is 17.7. The average Bonchev–Trinajstić information content (AvgIpc) is 2.96. The summed E-state index contributed by atoms with van der Waals surface area (Å²) in [6, 6.07) is 1.73. The molecule has 1 atom stereocenters. The first-order valence-electron chi connectivity index (χ1n) is 7.50. The number of furan rings is 1. The van der Waals surface area contributed by atoms with Crippen molar-refractivity contribution in [2.24, 2.45) is 5.73 Å². The minimum absolute atomic E-state index is 0. The summed E-state index contributed by atoms with van der Waals surface area (Å²) in [6.07, 6.45) is 4.62. The van der Waals surface area contributed by atoms with Gasteiger partial charge in [-0.1, -0.05) is 6.92 Å². The van der Waals surface area contributed by atoms with Crippen LogP contribution >= 0.6 is 12.4 Å². The molecule has 2 rings (SSSR count). The van der Waals surface area contributed by atoms with Crippen molar-refractivity contribution >= 4 is 24.2 Å². The van der Waals surface area contributed by atoms with Crippen molar-refractivity contribution in [1.29, 1.82) is 0 Å². The van der Waals surface area contributed by atoms with Gasteiger partial charge in [0.2, 0.25) is 5.91 Å². The summed E-state index contributed by atoms with van der Waals surface area (Å²) < 4.78 is 5.21. The van der Waals surface area contributed by atoms with E-state index >= 15 is 0 Å². The monoisotopic (exact) mass is 329 g/mol. The maximum Gasteiger partial charge on any atom is 0.257 e. The van der Waals surface area contributed by atoms with Crippen molar-refractivity contribution in [2.75, 3.05) is 13.1 Å². The SMILES string of the molecule is CCCC(=O)NC1CCCN(C(=O)c2coc(CN)c2)C1.Cl. The van der Waals surface area contributed by atoms with Gasteiger partial charge in [0, 0.05) is 25.6 Å². The molecule has 1 saturated heterocycles. The van der Waals surface area contributed by atoms with E-state index in [0.717, 1.165) is 19.3 Å². The third kappa shape index (κ3) is 4.74. The van der Waals surface area contributed by atoms with Gasteiger partial charge < -0.3 is 20.4 Å². The van der Waals surface area contributed by atoms with Gasteiger partial charge in [0.05, 0.1) is 12.1 Å². The van der Waals surface area contributed by atoms with Gasteiger partial charge in [0.1, 0.15) is 12.0 Å². The predicted octanol–water partition coefficient (Wildman–Crippen LogP) is 1.68. The van der Waals surface area contributed by atoms with Crippen LogP contribution in [0.2, 0.25) is 0 Å². The van der Waals surface area contributed by atoms with Crippen LogP contribution in [0.5, 0.6) is 0 Å². The molecule has 0 aromatic carbocycles. The lowest BCUT2D eigenvalue weighted by molar-refractivity contribution is -0.122. The molecule has 0 aliphatic carbocycles. The van der Waals surface area contributed by atoms with Crippen molar-refractivity contribution in [2.45, 2.75) is 45.2 Å². The Kier molecular flexibility index (Phi) is 7.41. The van der Waals surface area contributed by atoms with Gasteiger partial charge in [-0.2, -0.15) is 0 Å². The molecule has 124 valence electrons. The van der Waals surface area contributed by atoms with Crippen molar-refractivity contribution in [3.05, 3.63) is 23.7 Å². The van der Waals surface area contributed by atoms with Gasteiger partial charge >= 0.3 is 0 Å². The molecule has 0 radical (unpaired) electrons. The van der Waals surface area contributed by atoms with Gasteiger partial charge in [-0.05, 0) is 25.3 Å². The number of carbonyl (C=O) groups excluding carboxylic acids is 2. The summed E-state index contributed by atoms with van der Waals surface area (Å²) in [5.41, 5.74) is 6.01. The fourth-order valence-electron chi connectivity index (χ4n) is 2.59. The zero-order valence-electron chi connectivity index (χ0n) is 12.8. The van der Waals surface area contributed by atoms with Crippen molar-refractivity contribution in [3.63, 3.8) is 0 Å². The molecule has 7 heteroatoms. The molecule has 0 spiro atoms. The second-order valence-electron chi connectivity index (χ2n) is 5.41. The minimum atomic E-state index is -0.0621. The van der Waals surface area contributed by atoms with E-state index < -0.39 is 0 Å². The van der Waals surface area contributed by atoms with E-state index in [4.69, 9.17) is 10.2 Å². The zero-order chi connectivity index (χ0) is 15.2. The topological polar surface area (TPSA) is 88.6 Å². The Bertz CT molecular complexity index is 504. The maximum absolute atomic E-state index is 12.4. The van der Waals surface area contributed by atoms with Gasteiger partial charge in [-0.15, -0.1) is 12.4 Å². The van der Waals surface area contributed by atoms with Crippen LogP contribution < -0.4 is 11.1 Å². The summed E-state index contributed by atoms with van der Waals surface area (Å²) >= 11 is 0. The molecular weight excluding hydrogens is 306 g/mol. The number of nitrogens with zero attached hydrogens (tertiary/aromatic N) is 1. The van der Waals surface area contributed by atoms with Gasteiger partial charge in [0.15, 0.2) is 0 Å². The lowest BCUT2D eigenvalue weighted by Gasteiger charge is -2.33. The largest absolute Gasteiger partial charge is 0.467 e. The van der Waals surface area contributed by atoms with Crippen molar-refractivity contribution in [1.82, 2.24) is 10.2 Å². The maximum atomic E-state index is 12.4. The van der Waals surface area contributed by atoms with E-state index in [-0.39, 0.29) is 36.8 Å². The molecule has 1 aliphatic heterocycles. The number of hydrogen-bond donors (Lipinski definition) is 2. The van der Waals surface area contributed by atoms with Gasteiger partial charge in [0.25, 0.3) is 5.91 Å². The first-order chi connectivity index (χ1) is 10.1. The summed E-state index contributed by atoms with van der Waals surface area (Å²) in [6.45, 7) is 3.52. The van der Waals surface area contributed by atoms with E-state index in [9.17, 15) is 9.59 Å². The number of nitrogens with one attached hydrogen (secondary N) is 1. The Morgan fingerprint density at radius 1 is 1.50 bits per heavy atom. The molecule has 6 nitrogen and oxygen atoms in total. The Balaban J connectivity index is 0.00000242. The lowest BCUT2D eigenvalue weighted by atomic mass is 10.0. The van der Waals surface area contributed by atoms with Crippen molar-refractivity contribution < 1.29 is 14.0 Å². The van der Waals surface area contributed by atoms with Gasteiger partial charge in [-0.25, -0.2) is 0 Å². The Morgan fingerprint density at radius 3 is 2.91 bits per heavy atom. The number of rotatable bonds is 5. The molecule has 2 amide bonds. The fraction of sp³-hybridized carbons (Fsp3) is 0.600. The third-order valence-corrected chi connectivity index (χ3v) is 3.65. The highest BCUT2D eigenvalue weighted by Crippen LogP contribution is 2.16. The third-order valence-electron chi connectivity index (χ3n) is 3.65. The Morgan fingerprint density at radius 2 is 2.27 bits per heavy atom. The molecule has 22 heavy (non-hydrogen) atoms. The number of likely N-dealkylation sites (tertiary alicyclic amines) is 1. The van der Waals surface area contributed by atoms with E-state index in [0.29, 0.717) is 30.8 Å². The first kappa shape index (κ1) is 18.5. The average molecular weight is 330 g/mol. The number of halogens is 1. The van der Waals surface area contributed by atoms with Gasteiger partial charge in [-0.3, -0.25) is 9.59 Å². The molecule has 1 aromatic rings. The van der Waals surface area contributed by atoms with Crippen LogP contribution in [0.4, 0.5) is 0 Å². The first-order valence-corrected chi connectivity index (χ1v) is 7.50. The highest BCUT2D eigenvalue weighted by molar-refractivity contribution is 5.94. The molecule has 3 N–H and O–H groups in total. The number of carbonyl (C=O) groups is 2. The Labute approximate surface area is 136 Å². The van der Waals surface area contributed by atoms with Crippen molar-refractivity contribution in [3.8, 4) is 0 Å². The molecule has 2 heterocycles. The fourth-order valence-corrected chi connectivity index (χ4v) is 2.59. The number of piperidine rings is 1. The standard InChI is InChI=1S/C15H23N3O3.ClH/c1-2-4-14(19)17-12-5-3-6-18(9-12)15(20)11-7-13(8-16)21-10-11;/h7,10,12H,2-6,8-9,16H2,1H3,(H,17,19);1H. The molecule has 1 fully saturated rings. The highest BCUT2D eigenvalue weighted by Gasteiger charge is 2.26. The van der Waals surface area contributed by atoms with Crippen LogP contribution in [0.15, 0.2) is 16.7 Å². The number of nitrogens with two attached hydrogens (primary N) is 1. The van der Waals surface area contributed by atoms with E-state index in [1.165, 1.54) is 6.26 Å². The van der Waals surface area contributed by atoms with Crippen LogP contribution in [-0.4, -0.2) is 35.8 Å². The second kappa shape index (κ2) is 8.80. The summed E-state index contributed by atoms with van der Waals surface area (Å²) in [4.78, 5) is 25.8. The Hall–Kier alpha value is -1.53. The van der Waals surface area contributed by atoms with E-state index in [1.807, 2.05) is 6.92 Å². The van der Waals surface area contributed by atoms with E-state index in [2.05, 4.69) is 5.32 Å². The number of amides is 2. The van der Waals surface area contributed by atoms with Crippen LogP contribution in [0.1, 0.15) is 48.7 Å². The zero-order valence-corrected chi connectivity index (χ0v) is 13.7. The molecular formula is C15H24ClN3O3. The molecule has 1 aromatic heterocycles. The molecule has 0 bridgehead atoms. The number of hydrogen-bond acceptors (Lipinski definition) is 4. The van der Waals surface area contributed by atoms with Crippen LogP contribution in [0, 0.1) is 0 Å². The van der Waals surface area contributed by atoms with Crippen LogP contribution in [-0.2, 0) is 11.3 Å².